The van der Waals surface area contributed by atoms with E-state index in [0.29, 0.717) is 11.1 Å². The van der Waals surface area contributed by atoms with Crippen molar-refractivity contribution < 1.29 is 14.4 Å². The number of rotatable bonds is 7. The van der Waals surface area contributed by atoms with E-state index in [1.807, 2.05) is 55.5 Å². The van der Waals surface area contributed by atoms with Crippen LogP contribution in [0.4, 0.5) is 0 Å². The fourth-order valence-electron chi connectivity index (χ4n) is 3.06. The van der Waals surface area contributed by atoms with Crippen LogP contribution in [0.1, 0.15) is 38.8 Å². The zero-order valence-corrected chi connectivity index (χ0v) is 17.3. The minimum Gasteiger partial charge on any atom is -0.340 e. The van der Waals surface area contributed by atoms with Gasteiger partial charge in [0.1, 0.15) is 6.04 Å². The van der Waals surface area contributed by atoms with Crippen molar-refractivity contribution >= 4 is 17.7 Å². The van der Waals surface area contributed by atoms with E-state index < -0.39 is 17.9 Å². The fourth-order valence-corrected chi connectivity index (χ4v) is 3.06. The summed E-state index contributed by atoms with van der Waals surface area (Å²) < 4.78 is 0. The van der Waals surface area contributed by atoms with Crippen LogP contribution >= 0.6 is 0 Å². The molecule has 3 aromatic rings. The Morgan fingerprint density at radius 2 is 1.26 bits per heavy atom. The van der Waals surface area contributed by atoms with E-state index in [2.05, 4.69) is 16.2 Å². The van der Waals surface area contributed by atoms with Gasteiger partial charge in [-0.25, -0.2) is 0 Å². The van der Waals surface area contributed by atoms with Gasteiger partial charge in [0.2, 0.25) is 0 Å². The van der Waals surface area contributed by atoms with E-state index in [9.17, 15) is 14.4 Å². The quantitative estimate of drug-likeness (QED) is 0.519. The Hall–Kier alpha value is -3.93. The Labute approximate surface area is 181 Å². The molecule has 0 fully saturated rings. The van der Waals surface area contributed by atoms with Gasteiger partial charge in [-0.05, 0) is 41.8 Å². The molecule has 0 aliphatic heterocycles. The van der Waals surface area contributed by atoms with Crippen LogP contribution in [0.25, 0.3) is 0 Å². The van der Waals surface area contributed by atoms with Crippen LogP contribution in [-0.4, -0.2) is 23.8 Å². The Morgan fingerprint density at radius 3 is 1.87 bits per heavy atom. The van der Waals surface area contributed by atoms with Crippen LogP contribution in [-0.2, 0) is 17.6 Å². The number of aryl methyl sites for hydroxylation is 1. The number of nitrogens with one attached hydrogen (secondary N) is 3. The summed E-state index contributed by atoms with van der Waals surface area (Å²) in [6.07, 6.45) is 1.16. The average molecular weight is 415 g/mol. The number of hydrogen-bond donors (Lipinski definition) is 3. The third-order valence-corrected chi connectivity index (χ3v) is 4.86. The van der Waals surface area contributed by atoms with Crippen molar-refractivity contribution in [1.29, 1.82) is 0 Å². The number of benzene rings is 3. The highest BCUT2D eigenvalue weighted by molar-refractivity contribution is 5.99. The maximum Gasteiger partial charge on any atom is 0.269 e. The Kier molecular flexibility index (Phi) is 7.54. The predicted molar refractivity (Wildman–Crippen MR) is 119 cm³/mol. The van der Waals surface area contributed by atoms with Gasteiger partial charge in [0.15, 0.2) is 0 Å². The highest BCUT2D eigenvalue weighted by Crippen LogP contribution is 2.07. The minimum atomic E-state index is -0.863. The summed E-state index contributed by atoms with van der Waals surface area (Å²) in [4.78, 5) is 37.8. The molecule has 0 aliphatic carbocycles. The minimum absolute atomic E-state index is 0.284. The summed E-state index contributed by atoms with van der Waals surface area (Å²) in [5, 5.41) is 2.76. The predicted octanol–water partition coefficient (Wildman–Crippen LogP) is 3.05. The first-order valence-corrected chi connectivity index (χ1v) is 10.2. The van der Waals surface area contributed by atoms with E-state index in [1.165, 1.54) is 0 Å². The topological polar surface area (TPSA) is 87.3 Å². The lowest BCUT2D eigenvalue weighted by atomic mass is 10.0. The summed E-state index contributed by atoms with van der Waals surface area (Å²) in [5.74, 6) is -1.30. The van der Waals surface area contributed by atoms with Gasteiger partial charge in [-0.2, -0.15) is 0 Å². The third kappa shape index (κ3) is 6.27. The van der Waals surface area contributed by atoms with E-state index in [1.54, 1.807) is 36.4 Å². The van der Waals surface area contributed by atoms with Gasteiger partial charge in [0.25, 0.3) is 17.7 Å². The maximum absolute atomic E-state index is 12.8. The number of carbonyl (C=O) groups excluding carboxylic acids is 3. The first-order valence-electron chi connectivity index (χ1n) is 10.2. The summed E-state index contributed by atoms with van der Waals surface area (Å²) in [6.45, 7) is 2.03. The molecule has 6 nitrogen and oxygen atoms in total. The van der Waals surface area contributed by atoms with Crippen LogP contribution < -0.4 is 16.2 Å². The van der Waals surface area contributed by atoms with Crippen molar-refractivity contribution in [2.24, 2.45) is 0 Å². The second-order valence-electron chi connectivity index (χ2n) is 7.08. The molecule has 3 rings (SSSR count). The first-order chi connectivity index (χ1) is 15.1. The third-order valence-electron chi connectivity index (χ3n) is 4.86. The van der Waals surface area contributed by atoms with Crippen molar-refractivity contribution in [3.8, 4) is 0 Å². The van der Waals surface area contributed by atoms with Gasteiger partial charge in [0.05, 0.1) is 0 Å². The van der Waals surface area contributed by atoms with Crippen LogP contribution in [0.2, 0.25) is 0 Å². The number of amides is 3. The van der Waals surface area contributed by atoms with Gasteiger partial charge in [-0.3, -0.25) is 25.2 Å². The molecule has 0 saturated heterocycles. The monoisotopic (exact) mass is 415 g/mol. The van der Waals surface area contributed by atoms with E-state index >= 15 is 0 Å². The molecule has 158 valence electrons. The Morgan fingerprint density at radius 1 is 0.677 bits per heavy atom. The molecule has 0 aliphatic rings. The molecule has 0 heterocycles. The largest absolute Gasteiger partial charge is 0.340 e. The zero-order chi connectivity index (χ0) is 22.1. The van der Waals surface area contributed by atoms with Gasteiger partial charge in [-0.1, -0.05) is 67.6 Å². The lowest BCUT2D eigenvalue weighted by Crippen LogP contribution is -2.53. The molecule has 3 N–H and O–H groups in total. The van der Waals surface area contributed by atoms with Crippen molar-refractivity contribution in [2.75, 3.05) is 0 Å². The molecule has 0 radical (unpaired) electrons. The molecule has 31 heavy (non-hydrogen) atoms. The lowest BCUT2D eigenvalue weighted by molar-refractivity contribution is -0.123. The molecule has 0 bridgehead atoms. The SMILES string of the molecule is CCc1ccc(C(=O)NNC(=O)C(Cc2ccccc2)NC(=O)c2ccccc2)cc1. The van der Waals surface area contributed by atoms with Crippen molar-refractivity contribution in [1.82, 2.24) is 16.2 Å². The molecule has 0 spiro atoms. The van der Waals surface area contributed by atoms with Crippen molar-refractivity contribution in [3.05, 3.63) is 107 Å². The summed E-state index contributed by atoms with van der Waals surface area (Å²) in [6, 6.07) is 24.3. The standard InChI is InChI=1S/C25H25N3O3/c1-2-18-13-15-21(16-14-18)24(30)27-28-25(31)22(17-19-9-5-3-6-10-19)26-23(29)20-11-7-4-8-12-20/h3-16,22H,2,17H2,1H3,(H,26,29)(H,27,30)(H,28,31). The highest BCUT2D eigenvalue weighted by Gasteiger charge is 2.22. The zero-order valence-electron chi connectivity index (χ0n) is 17.3. The Bertz CT molecular complexity index is 1020. The van der Waals surface area contributed by atoms with Crippen LogP contribution in [0.15, 0.2) is 84.9 Å². The first kappa shape index (κ1) is 21.8. The van der Waals surface area contributed by atoms with E-state index in [-0.39, 0.29) is 12.3 Å². The van der Waals surface area contributed by atoms with Crippen molar-refractivity contribution in [2.45, 2.75) is 25.8 Å². The molecule has 0 saturated carbocycles. The molecule has 1 atom stereocenters. The maximum atomic E-state index is 12.8. The van der Waals surface area contributed by atoms with Gasteiger partial charge in [-0.15, -0.1) is 0 Å². The number of hydrogen-bond acceptors (Lipinski definition) is 3. The van der Waals surface area contributed by atoms with Crippen LogP contribution in [0, 0.1) is 0 Å². The lowest BCUT2D eigenvalue weighted by Gasteiger charge is -2.19. The van der Waals surface area contributed by atoms with Gasteiger partial charge >= 0.3 is 0 Å². The number of carbonyl (C=O) groups is 3. The second-order valence-corrected chi connectivity index (χ2v) is 7.08. The molecule has 3 amide bonds. The fraction of sp³-hybridized carbons (Fsp3) is 0.160. The molecule has 0 aromatic heterocycles. The molecule has 6 heteroatoms. The Balaban J connectivity index is 1.67. The summed E-state index contributed by atoms with van der Waals surface area (Å²) >= 11 is 0. The number of hydrazine groups is 1. The van der Waals surface area contributed by atoms with Gasteiger partial charge < -0.3 is 5.32 Å². The van der Waals surface area contributed by atoms with Crippen LogP contribution in [0.5, 0.6) is 0 Å². The molecular formula is C25H25N3O3. The smallest absolute Gasteiger partial charge is 0.269 e. The summed E-state index contributed by atoms with van der Waals surface area (Å²) in [7, 11) is 0. The molecular weight excluding hydrogens is 390 g/mol. The van der Waals surface area contributed by atoms with E-state index in [4.69, 9.17) is 0 Å². The normalized spacial score (nSPS) is 11.3. The van der Waals surface area contributed by atoms with Crippen LogP contribution in [0.3, 0.4) is 0 Å². The molecule has 1 unspecified atom stereocenters. The average Bonchev–Trinajstić information content (AvgIpc) is 2.83. The van der Waals surface area contributed by atoms with E-state index in [0.717, 1.165) is 17.5 Å². The second kappa shape index (κ2) is 10.7. The van der Waals surface area contributed by atoms with Gasteiger partial charge in [0, 0.05) is 17.5 Å². The summed E-state index contributed by atoms with van der Waals surface area (Å²) in [5.41, 5.74) is 7.75. The van der Waals surface area contributed by atoms with Crippen molar-refractivity contribution in [3.63, 3.8) is 0 Å². The highest BCUT2D eigenvalue weighted by atomic mass is 16.2. The molecule has 3 aromatic carbocycles.